The maximum Gasteiger partial charge on any atom is 0.354 e. The molecule has 20 heavy (non-hydrogen) atoms. The molecule has 2 unspecified atom stereocenters. The first-order valence-corrected chi connectivity index (χ1v) is 7.10. The second-order valence-corrected chi connectivity index (χ2v) is 5.82. The van der Waals surface area contributed by atoms with Gasteiger partial charge in [-0.15, -0.1) is 0 Å². The molecule has 0 radical (unpaired) electrons. The van der Waals surface area contributed by atoms with Crippen molar-refractivity contribution < 1.29 is 14.3 Å². The molecule has 5 nitrogen and oxygen atoms in total. The summed E-state index contributed by atoms with van der Waals surface area (Å²) in [6, 6.07) is 4.09. The van der Waals surface area contributed by atoms with Gasteiger partial charge in [-0.25, -0.2) is 4.79 Å². The van der Waals surface area contributed by atoms with Crippen LogP contribution in [0, 0.1) is 5.41 Å². The number of carbonyl (C=O) groups is 1. The van der Waals surface area contributed by atoms with Crippen LogP contribution >= 0.6 is 0 Å². The number of rotatable bonds is 6. The van der Waals surface area contributed by atoms with E-state index in [1.807, 2.05) is 13.0 Å². The molecule has 1 aromatic heterocycles. The van der Waals surface area contributed by atoms with Crippen LogP contribution in [0.5, 0.6) is 0 Å². The van der Waals surface area contributed by atoms with Crippen molar-refractivity contribution in [3.63, 3.8) is 0 Å². The minimum Gasteiger partial charge on any atom is -0.464 e. The third kappa shape index (κ3) is 2.88. The number of hydrogen-bond donors (Lipinski definition) is 2. The summed E-state index contributed by atoms with van der Waals surface area (Å²) in [6.45, 7) is 7.96. The molecule has 1 aliphatic rings. The van der Waals surface area contributed by atoms with Crippen LogP contribution in [-0.4, -0.2) is 36.8 Å². The topological polar surface area (TPSA) is 63.4 Å². The van der Waals surface area contributed by atoms with Crippen molar-refractivity contribution in [3.05, 3.63) is 23.5 Å². The van der Waals surface area contributed by atoms with Gasteiger partial charge in [0.05, 0.1) is 13.2 Å². The van der Waals surface area contributed by atoms with E-state index >= 15 is 0 Å². The molecule has 2 N–H and O–H groups in total. The zero-order valence-corrected chi connectivity index (χ0v) is 12.7. The minimum absolute atomic E-state index is 0.147. The van der Waals surface area contributed by atoms with Gasteiger partial charge in [0, 0.05) is 30.3 Å². The lowest BCUT2D eigenvalue weighted by Gasteiger charge is -2.51. The number of nitrogens with one attached hydrogen (secondary N) is 2. The van der Waals surface area contributed by atoms with E-state index in [0.717, 1.165) is 18.7 Å². The molecule has 1 heterocycles. The molecule has 1 fully saturated rings. The molecule has 2 rings (SSSR count). The Labute approximate surface area is 120 Å². The Balaban J connectivity index is 1.84. The molecular formula is C15H24N2O3. The number of aromatic amines is 1. The molecule has 1 aromatic rings. The van der Waals surface area contributed by atoms with Gasteiger partial charge in [0.2, 0.25) is 0 Å². The van der Waals surface area contributed by atoms with Gasteiger partial charge >= 0.3 is 5.97 Å². The number of esters is 1. The maximum absolute atomic E-state index is 11.4. The van der Waals surface area contributed by atoms with E-state index < -0.39 is 0 Å². The monoisotopic (exact) mass is 280 g/mol. The summed E-state index contributed by atoms with van der Waals surface area (Å²) in [5.74, 6) is -0.336. The molecule has 1 aliphatic carbocycles. The zero-order chi connectivity index (χ0) is 14.8. The van der Waals surface area contributed by atoms with Gasteiger partial charge < -0.3 is 19.8 Å². The van der Waals surface area contributed by atoms with Crippen molar-refractivity contribution in [2.45, 2.75) is 45.9 Å². The van der Waals surface area contributed by atoms with Crippen molar-refractivity contribution in [1.82, 2.24) is 10.3 Å². The first kappa shape index (κ1) is 15.1. The number of hydrogen-bond acceptors (Lipinski definition) is 4. The van der Waals surface area contributed by atoms with Gasteiger partial charge in [-0.3, -0.25) is 0 Å². The number of methoxy groups -OCH3 is 1. The Hall–Kier alpha value is -1.33. The van der Waals surface area contributed by atoms with Crippen LogP contribution in [0.2, 0.25) is 0 Å². The molecule has 0 amide bonds. The zero-order valence-electron chi connectivity index (χ0n) is 12.7. The predicted molar refractivity (Wildman–Crippen MR) is 76.6 cm³/mol. The SMILES string of the molecule is CCOC1CC(NCc2ccc(C(=O)OC)[nH]2)C1(C)C. The van der Waals surface area contributed by atoms with Crippen LogP contribution in [0.15, 0.2) is 12.1 Å². The Morgan fingerprint density at radius 1 is 1.50 bits per heavy atom. The van der Waals surface area contributed by atoms with E-state index in [0.29, 0.717) is 24.4 Å². The summed E-state index contributed by atoms with van der Waals surface area (Å²) in [6.07, 6.45) is 1.37. The normalized spacial score (nSPS) is 24.2. The van der Waals surface area contributed by atoms with Crippen molar-refractivity contribution in [2.24, 2.45) is 5.41 Å². The number of carbonyl (C=O) groups excluding carboxylic acids is 1. The first-order chi connectivity index (χ1) is 9.48. The van der Waals surface area contributed by atoms with E-state index in [-0.39, 0.29) is 11.4 Å². The minimum atomic E-state index is -0.336. The quantitative estimate of drug-likeness (QED) is 0.783. The van der Waals surface area contributed by atoms with E-state index in [1.165, 1.54) is 7.11 Å². The summed E-state index contributed by atoms with van der Waals surface area (Å²) >= 11 is 0. The van der Waals surface area contributed by atoms with Gasteiger partial charge in [0.1, 0.15) is 5.69 Å². The van der Waals surface area contributed by atoms with Crippen LogP contribution in [0.1, 0.15) is 43.4 Å². The highest BCUT2D eigenvalue weighted by atomic mass is 16.5. The first-order valence-electron chi connectivity index (χ1n) is 7.10. The lowest BCUT2D eigenvalue weighted by molar-refractivity contribution is -0.114. The highest BCUT2D eigenvalue weighted by Crippen LogP contribution is 2.42. The molecule has 1 saturated carbocycles. The van der Waals surface area contributed by atoms with Crippen LogP contribution in [0.3, 0.4) is 0 Å². The fourth-order valence-electron chi connectivity index (χ4n) is 2.72. The third-order valence-corrected chi connectivity index (χ3v) is 4.24. The van der Waals surface area contributed by atoms with E-state index in [9.17, 15) is 4.79 Å². The van der Waals surface area contributed by atoms with Crippen LogP contribution in [0.4, 0.5) is 0 Å². The smallest absolute Gasteiger partial charge is 0.354 e. The van der Waals surface area contributed by atoms with Gasteiger partial charge in [-0.05, 0) is 25.5 Å². The second kappa shape index (κ2) is 5.97. The molecule has 5 heteroatoms. The second-order valence-electron chi connectivity index (χ2n) is 5.82. The standard InChI is InChI=1S/C15H24N2O3/c1-5-20-13-8-12(15(13,2)3)16-9-10-6-7-11(17-10)14(18)19-4/h6-7,12-13,16-17H,5,8-9H2,1-4H3. The van der Waals surface area contributed by atoms with Gasteiger partial charge in [-0.2, -0.15) is 0 Å². The van der Waals surface area contributed by atoms with Gasteiger partial charge in [0.15, 0.2) is 0 Å². The van der Waals surface area contributed by atoms with E-state index in [1.54, 1.807) is 6.07 Å². The fraction of sp³-hybridized carbons (Fsp3) is 0.667. The fourth-order valence-corrected chi connectivity index (χ4v) is 2.72. The van der Waals surface area contributed by atoms with E-state index in [2.05, 4.69) is 28.9 Å². The molecule has 0 saturated heterocycles. The highest BCUT2D eigenvalue weighted by molar-refractivity contribution is 5.87. The third-order valence-electron chi connectivity index (χ3n) is 4.24. The molecule has 0 aliphatic heterocycles. The van der Waals surface area contributed by atoms with Crippen LogP contribution < -0.4 is 5.32 Å². The Morgan fingerprint density at radius 3 is 2.85 bits per heavy atom. The van der Waals surface area contributed by atoms with Crippen molar-refractivity contribution in [2.75, 3.05) is 13.7 Å². The van der Waals surface area contributed by atoms with Gasteiger partial charge in [0.25, 0.3) is 0 Å². The van der Waals surface area contributed by atoms with Crippen molar-refractivity contribution in [1.29, 1.82) is 0 Å². The Kier molecular flexibility index (Phi) is 4.50. The summed E-state index contributed by atoms with van der Waals surface area (Å²) in [4.78, 5) is 14.4. The number of ether oxygens (including phenoxy) is 2. The molecule has 2 atom stereocenters. The lowest BCUT2D eigenvalue weighted by Crippen LogP contribution is -2.60. The lowest BCUT2D eigenvalue weighted by atomic mass is 9.64. The van der Waals surface area contributed by atoms with Crippen LogP contribution in [0.25, 0.3) is 0 Å². The average molecular weight is 280 g/mol. The maximum atomic E-state index is 11.4. The molecule has 0 aromatic carbocycles. The summed E-state index contributed by atoms with van der Waals surface area (Å²) in [7, 11) is 1.38. The van der Waals surface area contributed by atoms with Crippen molar-refractivity contribution >= 4 is 5.97 Å². The summed E-state index contributed by atoms with van der Waals surface area (Å²) < 4.78 is 10.4. The van der Waals surface area contributed by atoms with Crippen LogP contribution in [-0.2, 0) is 16.0 Å². The molecule has 112 valence electrons. The number of H-pyrrole nitrogens is 1. The van der Waals surface area contributed by atoms with E-state index in [4.69, 9.17) is 4.74 Å². The van der Waals surface area contributed by atoms with Gasteiger partial charge in [-0.1, -0.05) is 13.8 Å². The van der Waals surface area contributed by atoms with Crippen molar-refractivity contribution in [3.8, 4) is 0 Å². The Bertz CT molecular complexity index is 467. The summed E-state index contributed by atoms with van der Waals surface area (Å²) in [5.41, 5.74) is 1.62. The Morgan fingerprint density at radius 2 is 2.25 bits per heavy atom. The molecule has 0 bridgehead atoms. The highest BCUT2D eigenvalue weighted by Gasteiger charge is 2.48. The largest absolute Gasteiger partial charge is 0.464 e. The molecular weight excluding hydrogens is 256 g/mol. The predicted octanol–water partition coefficient (Wildman–Crippen LogP) is 2.09. The summed E-state index contributed by atoms with van der Waals surface area (Å²) in [5, 5.41) is 3.52. The molecule has 0 spiro atoms. The average Bonchev–Trinajstić information content (AvgIpc) is 2.90. The number of aromatic nitrogens is 1.